The molecule has 3 aromatic heterocycles. The highest BCUT2D eigenvalue weighted by Gasteiger charge is 2.39. The summed E-state index contributed by atoms with van der Waals surface area (Å²) in [6.45, 7) is 0. The Morgan fingerprint density at radius 2 is 0.926 bits per heavy atom. The molecule has 1 aliphatic rings. The van der Waals surface area contributed by atoms with Crippen LogP contribution in [0.3, 0.4) is 0 Å². The minimum absolute atomic E-state index is 0.355. The lowest BCUT2D eigenvalue weighted by Crippen LogP contribution is -2.29. The molecule has 0 fully saturated rings. The standard InChI is InChI=1S/C46H28N6O2/c53-45-38-12-7-13-43(44(38)46(54)51(45)37-19-33(29-8-3-1-4-9-29)18-34(20-37)30-10-5-2-6-11-30)52-41-16-14-31(35-23-47-27-48-24-35)21-39(41)40-22-32(15-17-42(40)52)36-25-49-28-50-26-36/h1-28H. The first-order valence-electron chi connectivity index (χ1n) is 17.5. The number of benzene rings is 6. The fourth-order valence-corrected chi connectivity index (χ4v) is 7.56. The monoisotopic (exact) mass is 696 g/mol. The summed E-state index contributed by atoms with van der Waals surface area (Å²) in [5.74, 6) is -0.736. The van der Waals surface area contributed by atoms with Gasteiger partial charge >= 0.3 is 0 Å². The fourth-order valence-electron chi connectivity index (χ4n) is 7.56. The lowest BCUT2D eigenvalue weighted by Gasteiger charge is -2.18. The van der Waals surface area contributed by atoms with E-state index in [9.17, 15) is 9.59 Å². The van der Waals surface area contributed by atoms with Crippen molar-refractivity contribution >= 4 is 39.3 Å². The SMILES string of the molecule is O=C1c2cccc(-n3c4ccc(-c5cncnc5)cc4c4cc(-c5cncnc5)ccc43)c2C(=O)N1c1cc(-c2ccccc2)cc(-c2ccccc2)c1. The fraction of sp³-hybridized carbons (Fsp3) is 0. The number of rotatable bonds is 6. The lowest BCUT2D eigenvalue weighted by molar-refractivity contribution is 0.0926. The number of hydrogen-bond acceptors (Lipinski definition) is 6. The second-order valence-electron chi connectivity index (χ2n) is 13.2. The molecule has 10 rings (SSSR count). The number of fused-ring (bicyclic) bond motifs is 4. The maximum atomic E-state index is 14.8. The number of imide groups is 1. The molecule has 1 aliphatic heterocycles. The number of nitrogens with zero attached hydrogens (tertiary/aromatic N) is 6. The normalized spacial score (nSPS) is 12.5. The molecule has 0 spiro atoms. The van der Waals surface area contributed by atoms with Gasteiger partial charge in [0.25, 0.3) is 11.8 Å². The van der Waals surface area contributed by atoms with Crippen LogP contribution in [0.4, 0.5) is 5.69 Å². The van der Waals surface area contributed by atoms with Crippen molar-refractivity contribution in [3.63, 3.8) is 0 Å². The van der Waals surface area contributed by atoms with E-state index < -0.39 is 0 Å². The van der Waals surface area contributed by atoms with E-state index in [1.165, 1.54) is 17.6 Å². The summed E-state index contributed by atoms with van der Waals surface area (Å²) in [6.07, 6.45) is 10.2. The number of carbonyl (C=O) groups excluding carboxylic acids is 2. The average molecular weight is 697 g/mol. The van der Waals surface area contributed by atoms with E-state index in [0.29, 0.717) is 22.5 Å². The first-order chi connectivity index (χ1) is 26.6. The summed E-state index contributed by atoms with van der Waals surface area (Å²) in [4.78, 5) is 47.5. The van der Waals surface area contributed by atoms with Crippen LogP contribution in [0.5, 0.6) is 0 Å². The van der Waals surface area contributed by atoms with Crippen molar-refractivity contribution in [2.75, 3.05) is 4.90 Å². The minimum Gasteiger partial charge on any atom is -0.308 e. The van der Waals surface area contributed by atoms with Crippen molar-refractivity contribution in [2.24, 2.45) is 0 Å². The van der Waals surface area contributed by atoms with E-state index >= 15 is 0 Å². The highest BCUT2D eigenvalue weighted by Crippen LogP contribution is 2.41. The molecule has 6 aromatic carbocycles. The molecule has 0 bridgehead atoms. The largest absolute Gasteiger partial charge is 0.308 e. The Labute approximate surface area is 309 Å². The molecule has 254 valence electrons. The van der Waals surface area contributed by atoms with Gasteiger partial charge in [0.15, 0.2) is 0 Å². The van der Waals surface area contributed by atoms with Crippen LogP contribution in [0.1, 0.15) is 20.7 Å². The molecule has 0 aliphatic carbocycles. The Kier molecular flexibility index (Phi) is 7.26. The van der Waals surface area contributed by atoms with Gasteiger partial charge in [-0.25, -0.2) is 24.8 Å². The molecule has 0 saturated carbocycles. The van der Waals surface area contributed by atoms with Crippen LogP contribution in [0, 0.1) is 0 Å². The average Bonchev–Trinajstić information content (AvgIpc) is 3.71. The highest BCUT2D eigenvalue weighted by molar-refractivity contribution is 6.36. The summed E-state index contributed by atoms with van der Waals surface area (Å²) in [5, 5.41) is 1.94. The second-order valence-corrected chi connectivity index (χ2v) is 13.2. The number of aromatic nitrogens is 5. The zero-order valence-corrected chi connectivity index (χ0v) is 28.7. The molecule has 8 heteroatoms. The molecule has 9 aromatic rings. The van der Waals surface area contributed by atoms with E-state index in [1.807, 2.05) is 97.1 Å². The molecule has 8 nitrogen and oxygen atoms in total. The van der Waals surface area contributed by atoms with Gasteiger partial charge in [0.2, 0.25) is 0 Å². The van der Waals surface area contributed by atoms with Crippen molar-refractivity contribution < 1.29 is 9.59 Å². The Bertz CT molecular complexity index is 2760. The van der Waals surface area contributed by atoms with Crippen LogP contribution in [0.2, 0.25) is 0 Å². The van der Waals surface area contributed by atoms with Gasteiger partial charge in [0, 0.05) is 46.7 Å². The van der Waals surface area contributed by atoms with E-state index in [0.717, 1.165) is 66.3 Å². The maximum Gasteiger partial charge on any atom is 0.268 e. The molecule has 0 atom stereocenters. The van der Waals surface area contributed by atoms with Crippen molar-refractivity contribution in [3.05, 3.63) is 182 Å². The summed E-state index contributed by atoms with van der Waals surface area (Å²) in [7, 11) is 0. The molecule has 4 heterocycles. The molecule has 0 radical (unpaired) electrons. The lowest BCUT2D eigenvalue weighted by atomic mass is 9.97. The third-order valence-corrected chi connectivity index (χ3v) is 10.1. The third kappa shape index (κ3) is 5.08. The maximum absolute atomic E-state index is 14.8. The topological polar surface area (TPSA) is 93.9 Å². The van der Waals surface area contributed by atoms with Gasteiger partial charge in [-0.2, -0.15) is 0 Å². The van der Waals surface area contributed by atoms with Crippen molar-refractivity contribution in [2.45, 2.75) is 0 Å². The molecular weight excluding hydrogens is 669 g/mol. The predicted molar refractivity (Wildman–Crippen MR) is 211 cm³/mol. The van der Waals surface area contributed by atoms with Crippen LogP contribution >= 0.6 is 0 Å². The number of hydrogen-bond donors (Lipinski definition) is 0. The van der Waals surface area contributed by atoms with Crippen LogP contribution < -0.4 is 4.90 Å². The summed E-state index contributed by atoms with van der Waals surface area (Å²) < 4.78 is 2.09. The third-order valence-electron chi connectivity index (χ3n) is 10.1. The number of anilines is 1. The number of carbonyl (C=O) groups is 2. The Hall–Kier alpha value is -7.58. The van der Waals surface area contributed by atoms with Gasteiger partial charge in [-0.15, -0.1) is 0 Å². The van der Waals surface area contributed by atoms with Gasteiger partial charge < -0.3 is 4.57 Å². The highest BCUT2D eigenvalue weighted by atomic mass is 16.2. The molecular formula is C46H28N6O2. The van der Waals surface area contributed by atoms with Gasteiger partial charge in [-0.1, -0.05) is 78.9 Å². The van der Waals surface area contributed by atoms with Crippen molar-refractivity contribution in [1.29, 1.82) is 0 Å². The summed E-state index contributed by atoms with van der Waals surface area (Å²) >= 11 is 0. The van der Waals surface area contributed by atoms with E-state index in [1.54, 1.807) is 30.9 Å². The smallest absolute Gasteiger partial charge is 0.268 e. The quantitative estimate of drug-likeness (QED) is 0.161. The van der Waals surface area contributed by atoms with Gasteiger partial charge in [0.1, 0.15) is 12.7 Å². The Morgan fingerprint density at radius 3 is 1.44 bits per heavy atom. The van der Waals surface area contributed by atoms with Crippen LogP contribution in [0.25, 0.3) is 72.0 Å². The first kappa shape index (κ1) is 31.2. The van der Waals surface area contributed by atoms with Gasteiger partial charge in [-0.05, 0) is 88.0 Å². The van der Waals surface area contributed by atoms with Crippen molar-refractivity contribution in [3.8, 4) is 50.2 Å². The molecule has 0 N–H and O–H groups in total. The van der Waals surface area contributed by atoms with E-state index in [2.05, 4.69) is 54.8 Å². The summed E-state index contributed by atoms with van der Waals surface area (Å²) in [5.41, 5.74) is 11.1. The van der Waals surface area contributed by atoms with Gasteiger partial charge in [-0.3, -0.25) is 9.59 Å². The summed E-state index contributed by atoms with van der Waals surface area (Å²) in [6, 6.07) is 43.9. The minimum atomic E-state index is -0.374. The zero-order valence-electron chi connectivity index (χ0n) is 28.7. The zero-order chi connectivity index (χ0) is 36.2. The predicted octanol–water partition coefficient (Wildman–Crippen LogP) is 9.83. The van der Waals surface area contributed by atoms with Gasteiger partial charge in [0.05, 0.1) is 33.5 Å². The Morgan fingerprint density at radius 1 is 0.407 bits per heavy atom. The van der Waals surface area contributed by atoms with E-state index in [-0.39, 0.29) is 11.8 Å². The van der Waals surface area contributed by atoms with Crippen LogP contribution in [0.15, 0.2) is 171 Å². The van der Waals surface area contributed by atoms with Crippen LogP contribution in [-0.2, 0) is 0 Å². The molecule has 0 unspecified atom stereocenters. The second kappa shape index (κ2) is 12.6. The molecule has 54 heavy (non-hydrogen) atoms. The Balaban J connectivity index is 1.17. The van der Waals surface area contributed by atoms with E-state index in [4.69, 9.17) is 0 Å². The molecule has 0 saturated heterocycles. The molecule has 2 amide bonds. The first-order valence-corrected chi connectivity index (χ1v) is 17.5. The number of amides is 2. The van der Waals surface area contributed by atoms with Crippen molar-refractivity contribution in [1.82, 2.24) is 24.5 Å². The van der Waals surface area contributed by atoms with Crippen LogP contribution in [-0.4, -0.2) is 36.3 Å².